The molecule has 2 aromatic rings. The smallest absolute Gasteiger partial charge is 0.0647 e. The van der Waals surface area contributed by atoms with Gasteiger partial charge in [0.2, 0.25) is 0 Å². The fraction of sp³-hybridized carbons (Fsp3) is 0. The largest absolute Gasteiger partial charge is 0.399 e. The van der Waals surface area contributed by atoms with E-state index in [1.807, 2.05) is 17.5 Å². The Morgan fingerprint density at radius 3 is 2.40 bits per heavy atom. The maximum absolute atomic E-state index is 6.07. The summed E-state index contributed by atoms with van der Waals surface area (Å²) in [5, 5.41) is 3.21. The van der Waals surface area contributed by atoms with E-state index in [2.05, 4.69) is 0 Å². The number of anilines is 1. The second-order valence-corrected chi connectivity index (χ2v) is 5.92. The average molecular weight is 276 g/mol. The number of nitrogen functional groups attached to an aromatic ring is 1. The Balaban J connectivity index is 2.36. The Labute approximate surface area is 106 Å². The summed E-state index contributed by atoms with van der Waals surface area (Å²) in [6.45, 7) is 0. The second kappa shape index (κ2) is 4.66. The Morgan fingerprint density at radius 1 is 1.20 bits per heavy atom. The molecule has 78 valence electrons. The van der Waals surface area contributed by atoms with Crippen LogP contribution in [0.5, 0.6) is 0 Å². The SMILES string of the molecule is Nc1cc(Cl)c(Sc2cccs2)c(Cl)c1. The minimum absolute atomic E-state index is 0.584. The topological polar surface area (TPSA) is 26.0 Å². The summed E-state index contributed by atoms with van der Waals surface area (Å²) in [6.07, 6.45) is 0. The van der Waals surface area contributed by atoms with Crippen molar-refractivity contribution in [3.05, 3.63) is 39.7 Å². The molecule has 0 spiro atoms. The molecule has 1 aromatic carbocycles. The van der Waals surface area contributed by atoms with Gasteiger partial charge in [0.05, 0.1) is 19.1 Å². The van der Waals surface area contributed by atoms with Gasteiger partial charge in [-0.15, -0.1) is 11.3 Å². The van der Waals surface area contributed by atoms with E-state index in [1.165, 1.54) is 0 Å². The third-order valence-electron chi connectivity index (χ3n) is 1.72. The van der Waals surface area contributed by atoms with E-state index >= 15 is 0 Å². The van der Waals surface area contributed by atoms with Crippen LogP contribution in [0, 0.1) is 0 Å². The van der Waals surface area contributed by atoms with Gasteiger partial charge in [0, 0.05) is 5.69 Å². The van der Waals surface area contributed by atoms with Crippen LogP contribution in [-0.2, 0) is 0 Å². The molecule has 0 saturated carbocycles. The molecular formula is C10H7Cl2NS2. The summed E-state index contributed by atoms with van der Waals surface area (Å²) in [5.41, 5.74) is 6.21. The molecule has 0 atom stereocenters. The fourth-order valence-electron chi connectivity index (χ4n) is 1.10. The van der Waals surface area contributed by atoms with Gasteiger partial charge in [-0.05, 0) is 23.6 Å². The van der Waals surface area contributed by atoms with Gasteiger partial charge >= 0.3 is 0 Å². The molecule has 0 radical (unpaired) electrons. The van der Waals surface area contributed by atoms with Gasteiger partial charge in [0.1, 0.15) is 0 Å². The van der Waals surface area contributed by atoms with Crippen LogP contribution in [0.25, 0.3) is 0 Å². The minimum Gasteiger partial charge on any atom is -0.399 e. The van der Waals surface area contributed by atoms with Crippen LogP contribution in [0.15, 0.2) is 38.8 Å². The highest BCUT2D eigenvalue weighted by atomic mass is 35.5. The molecule has 0 unspecified atom stereocenters. The van der Waals surface area contributed by atoms with E-state index in [0.29, 0.717) is 15.7 Å². The molecule has 0 bridgehead atoms. The first-order chi connectivity index (χ1) is 7.16. The van der Waals surface area contributed by atoms with Crippen LogP contribution < -0.4 is 5.73 Å². The van der Waals surface area contributed by atoms with Gasteiger partial charge in [-0.2, -0.15) is 0 Å². The van der Waals surface area contributed by atoms with E-state index in [1.54, 1.807) is 35.2 Å². The number of nitrogens with two attached hydrogens (primary N) is 1. The minimum atomic E-state index is 0.584. The van der Waals surface area contributed by atoms with Crippen molar-refractivity contribution in [1.82, 2.24) is 0 Å². The molecule has 0 aliphatic heterocycles. The van der Waals surface area contributed by atoms with Gasteiger partial charge in [-0.1, -0.05) is 41.0 Å². The van der Waals surface area contributed by atoms with Crippen LogP contribution in [0.3, 0.4) is 0 Å². The molecule has 0 aliphatic carbocycles. The lowest BCUT2D eigenvalue weighted by Gasteiger charge is -2.06. The molecule has 0 amide bonds. The van der Waals surface area contributed by atoms with Crippen LogP contribution in [0.1, 0.15) is 0 Å². The zero-order chi connectivity index (χ0) is 10.8. The number of hydrogen-bond acceptors (Lipinski definition) is 3. The molecule has 1 aromatic heterocycles. The lowest BCUT2D eigenvalue weighted by molar-refractivity contribution is 1.45. The third-order valence-corrected chi connectivity index (χ3v) is 4.72. The van der Waals surface area contributed by atoms with Crippen molar-refractivity contribution in [2.75, 3.05) is 5.73 Å². The summed E-state index contributed by atoms with van der Waals surface area (Å²) in [7, 11) is 0. The number of benzene rings is 1. The summed E-state index contributed by atoms with van der Waals surface area (Å²) < 4.78 is 1.16. The first-order valence-corrected chi connectivity index (χ1v) is 6.58. The van der Waals surface area contributed by atoms with Crippen molar-refractivity contribution in [3.63, 3.8) is 0 Å². The van der Waals surface area contributed by atoms with Crippen LogP contribution in [0.2, 0.25) is 10.0 Å². The van der Waals surface area contributed by atoms with Crippen LogP contribution in [-0.4, -0.2) is 0 Å². The molecule has 0 saturated heterocycles. The Morgan fingerprint density at radius 2 is 1.87 bits per heavy atom. The van der Waals surface area contributed by atoms with Crippen LogP contribution in [0.4, 0.5) is 5.69 Å². The molecule has 1 nitrogen and oxygen atoms in total. The molecule has 2 N–H and O–H groups in total. The summed E-state index contributed by atoms with van der Waals surface area (Å²) in [4.78, 5) is 0.856. The molecule has 1 heterocycles. The lowest BCUT2D eigenvalue weighted by atomic mass is 10.3. The van der Waals surface area contributed by atoms with E-state index in [-0.39, 0.29) is 0 Å². The van der Waals surface area contributed by atoms with Gasteiger partial charge in [0.15, 0.2) is 0 Å². The first-order valence-electron chi connectivity index (χ1n) is 4.12. The zero-order valence-electron chi connectivity index (χ0n) is 7.54. The normalized spacial score (nSPS) is 10.5. The summed E-state index contributed by atoms with van der Waals surface area (Å²) in [5.74, 6) is 0. The molecule has 5 heteroatoms. The number of rotatable bonds is 2. The zero-order valence-corrected chi connectivity index (χ0v) is 10.7. The van der Waals surface area contributed by atoms with Crippen molar-refractivity contribution in [3.8, 4) is 0 Å². The molecule has 15 heavy (non-hydrogen) atoms. The number of hydrogen-bond donors (Lipinski definition) is 1. The lowest BCUT2D eigenvalue weighted by Crippen LogP contribution is -1.86. The first kappa shape index (κ1) is 11.1. The van der Waals surface area contributed by atoms with Gasteiger partial charge in [-0.3, -0.25) is 0 Å². The summed E-state index contributed by atoms with van der Waals surface area (Å²) >= 11 is 15.4. The van der Waals surface area contributed by atoms with Gasteiger partial charge in [-0.25, -0.2) is 0 Å². The maximum atomic E-state index is 6.07. The van der Waals surface area contributed by atoms with Gasteiger partial charge in [0.25, 0.3) is 0 Å². The maximum Gasteiger partial charge on any atom is 0.0647 e. The van der Waals surface area contributed by atoms with Crippen molar-refractivity contribution in [2.45, 2.75) is 9.10 Å². The monoisotopic (exact) mass is 275 g/mol. The van der Waals surface area contributed by atoms with E-state index in [4.69, 9.17) is 28.9 Å². The second-order valence-electron chi connectivity index (χ2n) is 2.85. The Kier molecular flexibility index (Phi) is 3.46. The summed E-state index contributed by atoms with van der Waals surface area (Å²) in [6, 6.07) is 7.44. The van der Waals surface area contributed by atoms with E-state index in [0.717, 1.165) is 9.10 Å². The highest BCUT2D eigenvalue weighted by Gasteiger charge is 2.09. The van der Waals surface area contributed by atoms with E-state index in [9.17, 15) is 0 Å². The van der Waals surface area contributed by atoms with Crippen molar-refractivity contribution >= 4 is 52.0 Å². The molecular weight excluding hydrogens is 269 g/mol. The van der Waals surface area contributed by atoms with Gasteiger partial charge < -0.3 is 5.73 Å². The third kappa shape index (κ3) is 2.61. The molecule has 2 rings (SSSR count). The molecule has 0 fully saturated rings. The average Bonchev–Trinajstić information content (AvgIpc) is 2.63. The van der Waals surface area contributed by atoms with E-state index < -0.39 is 0 Å². The van der Waals surface area contributed by atoms with Crippen molar-refractivity contribution < 1.29 is 0 Å². The van der Waals surface area contributed by atoms with Crippen molar-refractivity contribution in [1.29, 1.82) is 0 Å². The quantitative estimate of drug-likeness (QED) is 0.798. The fourth-order valence-corrected chi connectivity index (χ4v) is 3.55. The molecule has 0 aliphatic rings. The predicted molar refractivity (Wildman–Crippen MR) is 69.3 cm³/mol. The Hall–Kier alpha value is -0.350. The van der Waals surface area contributed by atoms with Crippen molar-refractivity contribution in [2.24, 2.45) is 0 Å². The standard InChI is InChI=1S/C10H7Cl2NS2/c11-7-4-6(13)5-8(12)10(7)15-9-2-1-3-14-9/h1-5H,13H2. The number of thiophene rings is 1. The number of halogens is 2. The predicted octanol–water partition coefficient (Wildman–Crippen LogP) is 4.79. The highest BCUT2D eigenvalue weighted by Crippen LogP contribution is 2.41. The van der Waals surface area contributed by atoms with Crippen LogP contribution >= 0.6 is 46.3 Å². The Bertz CT molecular complexity index is 445. The highest BCUT2D eigenvalue weighted by molar-refractivity contribution is 8.01.